The molecular formula is C26H20F2N4O3S. The summed E-state index contributed by atoms with van der Waals surface area (Å²) in [5.74, 6) is -3.33. The van der Waals surface area contributed by atoms with E-state index in [1.165, 1.54) is 17.4 Å². The molecule has 0 saturated carbocycles. The van der Waals surface area contributed by atoms with E-state index in [1.54, 1.807) is 42.7 Å². The lowest BCUT2D eigenvalue weighted by molar-refractivity contribution is 0.0629. The van der Waals surface area contributed by atoms with Crippen LogP contribution in [-0.4, -0.2) is 45.4 Å². The maximum absolute atomic E-state index is 13.9. The Balaban J connectivity index is 1.41. The molecule has 0 spiro atoms. The van der Waals surface area contributed by atoms with Crippen LogP contribution in [-0.2, 0) is 6.42 Å². The fraction of sp³-hybridized carbons (Fsp3) is 0.154. The number of fused-ring (bicyclic) bond motifs is 1. The first-order valence-corrected chi connectivity index (χ1v) is 11.9. The van der Waals surface area contributed by atoms with Crippen molar-refractivity contribution in [2.75, 3.05) is 6.54 Å². The zero-order valence-corrected chi connectivity index (χ0v) is 19.9. The van der Waals surface area contributed by atoms with E-state index in [0.717, 1.165) is 33.0 Å². The van der Waals surface area contributed by atoms with Crippen molar-refractivity contribution in [3.05, 3.63) is 99.0 Å². The maximum Gasteiger partial charge on any atom is 0.261 e. The van der Waals surface area contributed by atoms with Crippen LogP contribution in [0.4, 0.5) is 8.78 Å². The number of nitrogens with one attached hydrogen (secondary N) is 2. The number of thiophene rings is 1. The first-order valence-electron chi connectivity index (χ1n) is 11.1. The summed E-state index contributed by atoms with van der Waals surface area (Å²) in [4.78, 5) is 41.4. The number of benzene rings is 2. The van der Waals surface area contributed by atoms with Crippen LogP contribution in [0.3, 0.4) is 0 Å². The monoisotopic (exact) mass is 506 g/mol. The smallest absolute Gasteiger partial charge is 0.261 e. The number of amides is 3. The zero-order chi connectivity index (χ0) is 25.4. The van der Waals surface area contributed by atoms with E-state index in [4.69, 9.17) is 0 Å². The molecule has 0 fully saturated rings. The van der Waals surface area contributed by atoms with Crippen LogP contribution in [0.2, 0.25) is 0 Å². The first kappa shape index (κ1) is 23.6. The number of hydrogen-bond acceptors (Lipinski definition) is 5. The molecule has 7 nitrogen and oxygen atoms in total. The summed E-state index contributed by atoms with van der Waals surface area (Å²) in [6.07, 6.45) is 3.46. The normalized spacial score (nSPS) is 13.7. The molecule has 1 aliphatic rings. The summed E-state index contributed by atoms with van der Waals surface area (Å²) in [5, 5.41) is 9.57. The highest BCUT2D eigenvalue weighted by atomic mass is 32.1. The van der Waals surface area contributed by atoms with Crippen molar-refractivity contribution >= 4 is 29.1 Å². The molecule has 0 unspecified atom stereocenters. The predicted octanol–water partition coefficient (Wildman–Crippen LogP) is 4.36. The first-order chi connectivity index (χ1) is 17.3. The number of aromatic nitrogens is 2. The molecule has 0 radical (unpaired) electrons. The third-order valence-corrected chi connectivity index (χ3v) is 7.08. The molecule has 0 aliphatic carbocycles. The third kappa shape index (κ3) is 4.42. The fourth-order valence-corrected chi connectivity index (χ4v) is 5.22. The van der Waals surface area contributed by atoms with Gasteiger partial charge in [0.25, 0.3) is 17.7 Å². The van der Waals surface area contributed by atoms with Crippen molar-refractivity contribution in [3.8, 4) is 11.1 Å². The molecule has 1 aliphatic heterocycles. The number of H-pyrrole nitrogens is 1. The van der Waals surface area contributed by atoms with Crippen LogP contribution >= 0.6 is 11.3 Å². The molecule has 1 atom stereocenters. The predicted molar refractivity (Wildman–Crippen MR) is 130 cm³/mol. The van der Waals surface area contributed by atoms with Gasteiger partial charge in [0.15, 0.2) is 11.6 Å². The van der Waals surface area contributed by atoms with Gasteiger partial charge < -0.3 is 5.32 Å². The van der Waals surface area contributed by atoms with Gasteiger partial charge in [-0.2, -0.15) is 5.10 Å². The van der Waals surface area contributed by atoms with Gasteiger partial charge in [0.1, 0.15) is 0 Å². The Hall–Kier alpha value is -4.18. The molecule has 2 N–H and O–H groups in total. The van der Waals surface area contributed by atoms with Crippen LogP contribution in [0.1, 0.15) is 40.8 Å². The van der Waals surface area contributed by atoms with Crippen molar-refractivity contribution in [1.82, 2.24) is 20.4 Å². The topological polar surface area (TPSA) is 95.2 Å². The molecule has 3 heterocycles. The van der Waals surface area contributed by atoms with Crippen LogP contribution in [0.15, 0.2) is 60.9 Å². The van der Waals surface area contributed by atoms with Crippen molar-refractivity contribution < 1.29 is 23.2 Å². The van der Waals surface area contributed by atoms with Crippen molar-refractivity contribution in [3.63, 3.8) is 0 Å². The average molecular weight is 507 g/mol. The lowest BCUT2D eigenvalue weighted by atomic mass is 10.0. The van der Waals surface area contributed by atoms with Crippen LogP contribution < -0.4 is 5.32 Å². The van der Waals surface area contributed by atoms with E-state index >= 15 is 0 Å². The van der Waals surface area contributed by atoms with Crippen LogP contribution in [0.25, 0.3) is 11.1 Å². The summed E-state index contributed by atoms with van der Waals surface area (Å²) in [6.45, 7) is 1.76. The molecule has 36 heavy (non-hydrogen) atoms. The minimum Gasteiger partial charge on any atom is -0.346 e. The minimum atomic E-state index is -1.02. The largest absolute Gasteiger partial charge is 0.346 e. The zero-order valence-electron chi connectivity index (χ0n) is 19.0. The standard InChI is InChI=1S/C26H20F2N4O3S/c1-14-20(16-11-29-30-12-16)10-23(36-14)24(33)31-17(8-15-6-7-21(27)22(28)9-15)13-32-25(34)18-4-2-3-5-19(18)26(32)35/h2-7,9-12,17H,8,13H2,1H3,(H,29,30)(H,31,33)/t17-/m0/s1. The number of carbonyl (C=O) groups is 3. The summed E-state index contributed by atoms with van der Waals surface area (Å²) < 4.78 is 27.3. The van der Waals surface area contributed by atoms with Gasteiger partial charge in [-0.15, -0.1) is 11.3 Å². The van der Waals surface area contributed by atoms with Gasteiger partial charge in [0, 0.05) is 23.2 Å². The number of aromatic amines is 1. The minimum absolute atomic E-state index is 0.0787. The Morgan fingerprint density at radius 3 is 2.42 bits per heavy atom. The highest BCUT2D eigenvalue weighted by Gasteiger charge is 2.36. The van der Waals surface area contributed by atoms with Crippen molar-refractivity contribution in [2.24, 2.45) is 0 Å². The number of halogens is 2. The molecule has 0 bridgehead atoms. The Morgan fingerprint density at radius 2 is 1.78 bits per heavy atom. The van der Waals surface area contributed by atoms with Gasteiger partial charge in [-0.3, -0.25) is 24.4 Å². The molecule has 10 heteroatoms. The summed E-state index contributed by atoms with van der Waals surface area (Å²) in [7, 11) is 0. The molecule has 5 rings (SSSR count). The van der Waals surface area contributed by atoms with E-state index in [0.29, 0.717) is 21.6 Å². The second-order valence-electron chi connectivity index (χ2n) is 8.46. The Kier molecular flexibility index (Phi) is 6.19. The van der Waals surface area contributed by atoms with Gasteiger partial charge in [-0.1, -0.05) is 18.2 Å². The number of nitrogens with zero attached hydrogens (tertiary/aromatic N) is 2. The maximum atomic E-state index is 13.9. The molecule has 2 aromatic carbocycles. The lowest BCUT2D eigenvalue weighted by Crippen LogP contribution is -2.46. The van der Waals surface area contributed by atoms with Gasteiger partial charge >= 0.3 is 0 Å². The van der Waals surface area contributed by atoms with Crippen LogP contribution in [0, 0.1) is 18.6 Å². The molecule has 0 saturated heterocycles. The number of rotatable bonds is 7. The summed E-state index contributed by atoms with van der Waals surface area (Å²) >= 11 is 1.30. The number of carbonyl (C=O) groups excluding carboxylic acids is 3. The third-order valence-electron chi connectivity index (χ3n) is 6.03. The number of aryl methyl sites for hydroxylation is 1. The molecule has 3 amide bonds. The van der Waals surface area contributed by atoms with Gasteiger partial charge in [0.2, 0.25) is 0 Å². The summed E-state index contributed by atoms with van der Waals surface area (Å²) in [6, 6.07) is 11.0. The van der Waals surface area contributed by atoms with E-state index in [2.05, 4.69) is 15.5 Å². The fourth-order valence-electron chi connectivity index (χ4n) is 4.27. The van der Waals surface area contributed by atoms with Crippen molar-refractivity contribution in [1.29, 1.82) is 0 Å². The molecule has 2 aromatic heterocycles. The highest BCUT2D eigenvalue weighted by Crippen LogP contribution is 2.30. The summed E-state index contributed by atoms with van der Waals surface area (Å²) in [5.41, 5.74) is 2.69. The number of imide groups is 1. The average Bonchev–Trinajstić information content (AvgIpc) is 3.58. The van der Waals surface area contributed by atoms with E-state index in [9.17, 15) is 23.2 Å². The second kappa shape index (κ2) is 9.46. The highest BCUT2D eigenvalue weighted by molar-refractivity contribution is 7.14. The Labute approximate surface area is 208 Å². The SMILES string of the molecule is Cc1sc(C(=O)N[C@@H](Cc2ccc(F)c(F)c2)CN2C(=O)c3ccccc3C2=O)cc1-c1cn[nH]c1. The van der Waals surface area contributed by atoms with Crippen LogP contribution in [0.5, 0.6) is 0 Å². The van der Waals surface area contributed by atoms with Gasteiger partial charge in [-0.05, 0) is 54.8 Å². The number of hydrogen-bond donors (Lipinski definition) is 2. The van der Waals surface area contributed by atoms with E-state index in [1.807, 2.05) is 6.92 Å². The molecule has 4 aromatic rings. The molecule has 182 valence electrons. The second-order valence-corrected chi connectivity index (χ2v) is 9.71. The van der Waals surface area contributed by atoms with E-state index in [-0.39, 0.29) is 13.0 Å². The van der Waals surface area contributed by atoms with Gasteiger partial charge in [-0.25, -0.2) is 8.78 Å². The van der Waals surface area contributed by atoms with E-state index < -0.39 is 35.4 Å². The van der Waals surface area contributed by atoms with Crippen molar-refractivity contribution in [2.45, 2.75) is 19.4 Å². The lowest BCUT2D eigenvalue weighted by Gasteiger charge is -2.24. The quantitative estimate of drug-likeness (QED) is 0.364. The molecular weight excluding hydrogens is 486 g/mol. The Bertz CT molecular complexity index is 1450. The van der Waals surface area contributed by atoms with Gasteiger partial charge in [0.05, 0.1) is 28.2 Å². The Morgan fingerprint density at radius 1 is 1.06 bits per heavy atom.